The van der Waals surface area contributed by atoms with Gasteiger partial charge in [0.1, 0.15) is 6.04 Å². The van der Waals surface area contributed by atoms with Crippen LogP contribution in [-0.4, -0.2) is 34.9 Å². The van der Waals surface area contributed by atoms with Crippen molar-refractivity contribution in [2.75, 3.05) is 0 Å². The maximum atomic E-state index is 12.0. The Morgan fingerprint density at radius 2 is 1.87 bits per heavy atom. The Balaban J connectivity index is 2.47. The second kappa shape index (κ2) is 9.58. The van der Waals surface area contributed by atoms with Crippen molar-refractivity contribution in [1.29, 1.82) is 5.41 Å². The highest BCUT2D eigenvalue weighted by Crippen LogP contribution is 2.06. The SMILES string of the molecule is N=C(N)CCCC[C@H](N)C(=O)N[C@@H](Cc1ccccc1)C(=O)O. The first-order valence-electron chi connectivity index (χ1n) is 7.55. The zero-order chi connectivity index (χ0) is 17.2. The van der Waals surface area contributed by atoms with Crippen molar-refractivity contribution < 1.29 is 14.7 Å². The summed E-state index contributed by atoms with van der Waals surface area (Å²) >= 11 is 0. The van der Waals surface area contributed by atoms with E-state index in [9.17, 15) is 14.7 Å². The maximum absolute atomic E-state index is 12.0. The van der Waals surface area contributed by atoms with Crippen LogP contribution in [0, 0.1) is 5.41 Å². The minimum atomic E-state index is -1.09. The average molecular weight is 320 g/mol. The molecule has 0 aliphatic carbocycles. The van der Waals surface area contributed by atoms with Gasteiger partial charge < -0.3 is 21.9 Å². The van der Waals surface area contributed by atoms with Crippen molar-refractivity contribution in [1.82, 2.24) is 5.32 Å². The second-order valence-electron chi connectivity index (χ2n) is 5.47. The summed E-state index contributed by atoms with van der Waals surface area (Å²) in [6, 6.07) is 7.32. The van der Waals surface area contributed by atoms with Crippen LogP contribution in [0.5, 0.6) is 0 Å². The lowest BCUT2D eigenvalue weighted by atomic mass is 10.0. The monoisotopic (exact) mass is 320 g/mol. The fourth-order valence-corrected chi connectivity index (χ4v) is 2.14. The average Bonchev–Trinajstić information content (AvgIpc) is 2.51. The highest BCUT2D eigenvalue weighted by Gasteiger charge is 2.23. The standard InChI is InChI=1S/C16H24N4O3/c17-12(8-4-5-9-14(18)19)15(21)20-13(16(22)23)10-11-6-2-1-3-7-11/h1-3,6-7,12-13H,4-5,8-10,17H2,(H3,18,19)(H,20,21)(H,22,23)/t12-,13-/m0/s1. The molecule has 23 heavy (non-hydrogen) atoms. The third kappa shape index (κ3) is 7.42. The first-order valence-corrected chi connectivity index (χ1v) is 7.55. The molecule has 0 saturated carbocycles. The van der Waals surface area contributed by atoms with Crippen molar-refractivity contribution in [3.05, 3.63) is 35.9 Å². The van der Waals surface area contributed by atoms with Crippen LogP contribution in [0.4, 0.5) is 0 Å². The Hall–Kier alpha value is -2.41. The molecule has 1 aromatic carbocycles. The van der Waals surface area contributed by atoms with Crippen molar-refractivity contribution in [3.63, 3.8) is 0 Å². The number of carboxylic acids is 1. The predicted molar refractivity (Wildman–Crippen MR) is 88.1 cm³/mol. The largest absolute Gasteiger partial charge is 0.480 e. The summed E-state index contributed by atoms with van der Waals surface area (Å²) in [5, 5.41) is 18.8. The van der Waals surface area contributed by atoms with E-state index in [1.807, 2.05) is 30.3 Å². The van der Waals surface area contributed by atoms with Crippen LogP contribution in [0.3, 0.4) is 0 Å². The zero-order valence-corrected chi connectivity index (χ0v) is 13.0. The molecule has 0 heterocycles. The normalized spacial score (nSPS) is 13.1. The number of amidine groups is 1. The molecular formula is C16H24N4O3. The second-order valence-corrected chi connectivity index (χ2v) is 5.47. The number of hydrogen-bond donors (Lipinski definition) is 5. The van der Waals surface area contributed by atoms with Gasteiger partial charge in [0.25, 0.3) is 0 Å². The smallest absolute Gasteiger partial charge is 0.326 e. The molecule has 0 radical (unpaired) electrons. The summed E-state index contributed by atoms with van der Waals surface area (Å²) in [6.07, 6.45) is 2.45. The van der Waals surface area contributed by atoms with E-state index in [4.69, 9.17) is 16.9 Å². The number of hydrogen-bond acceptors (Lipinski definition) is 4. The summed E-state index contributed by atoms with van der Waals surface area (Å²) in [5.74, 6) is -1.46. The number of rotatable bonds is 10. The molecule has 126 valence electrons. The number of amides is 1. The van der Waals surface area contributed by atoms with Crippen molar-refractivity contribution in [2.24, 2.45) is 11.5 Å². The van der Waals surface area contributed by atoms with Crippen molar-refractivity contribution in [3.8, 4) is 0 Å². The van der Waals surface area contributed by atoms with Crippen molar-refractivity contribution in [2.45, 2.75) is 44.2 Å². The van der Waals surface area contributed by atoms with Crippen LogP contribution in [0.1, 0.15) is 31.2 Å². The van der Waals surface area contributed by atoms with E-state index in [1.165, 1.54) is 0 Å². The summed E-state index contributed by atoms with van der Waals surface area (Å²) in [7, 11) is 0. The minimum Gasteiger partial charge on any atom is -0.480 e. The molecule has 0 aliphatic heterocycles. The van der Waals surface area contributed by atoms with Gasteiger partial charge in [-0.15, -0.1) is 0 Å². The molecule has 7 N–H and O–H groups in total. The van der Waals surface area contributed by atoms with Gasteiger partial charge in [0.2, 0.25) is 5.91 Å². The zero-order valence-electron chi connectivity index (χ0n) is 13.0. The first kappa shape index (κ1) is 18.6. The molecule has 0 saturated heterocycles. The summed E-state index contributed by atoms with van der Waals surface area (Å²) in [4.78, 5) is 23.3. The fraction of sp³-hybridized carbons (Fsp3) is 0.438. The van der Waals surface area contributed by atoms with Gasteiger partial charge in [-0.3, -0.25) is 10.2 Å². The molecule has 1 amide bonds. The van der Waals surface area contributed by atoms with Gasteiger partial charge in [-0.1, -0.05) is 36.8 Å². The summed E-state index contributed by atoms with van der Waals surface area (Å²) < 4.78 is 0. The molecule has 0 unspecified atom stereocenters. The lowest BCUT2D eigenvalue weighted by Gasteiger charge is -2.18. The maximum Gasteiger partial charge on any atom is 0.326 e. The predicted octanol–water partition coefficient (Wildman–Crippen LogP) is 0.622. The molecular weight excluding hydrogens is 296 g/mol. The lowest BCUT2D eigenvalue weighted by Crippen LogP contribution is -2.49. The third-order valence-corrected chi connectivity index (χ3v) is 3.45. The van der Waals surface area contributed by atoms with Gasteiger partial charge >= 0.3 is 5.97 Å². The van der Waals surface area contributed by atoms with E-state index < -0.39 is 24.0 Å². The molecule has 0 aromatic heterocycles. The lowest BCUT2D eigenvalue weighted by molar-refractivity contribution is -0.142. The number of benzene rings is 1. The third-order valence-electron chi connectivity index (χ3n) is 3.45. The molecule has 2 atom stereocenters. The van der Waals surface area contributed by atoms with Crippen LogP contribution in [0.25, 0.3) is 0 Å². The summed E-state index contributed by atoms with van der Waals surface area (Å²) in [6.45, 7) is 0. The van der Waals surface area contributed by atoms with Gasteiger partial charge in [0.15, 0.2) is 0 Å². The van der Waals surface area contributed by atoms with Gasteiger partial charge in [-0.25, -0.2) is 4.79 Å². The molecule has 0 aliphatic rings. The van der Waals surface area contributed by atoms with E-state index in [2.05, 4.69) is 5.32 Å². The van der Waals surface area contributed by atoms with Crippen LogP contribution in [0.15, 0.2) is 30.3 Å². The number of unbranched alkanes of at least 4 members (excludes halogenated alkanes) is 1. The van der Waals surface area contributed by atoms with E-state index in [0.717, 1.165) is 5.56 Å². The molecule has 0 spiro atoms. The van der Waals surface area contributed by atoms with E-state index in [-0.39, 0.29) is 12.3 Å². The Labute approximate surface area is 135 Å². The molecule has 7 heteroatoms. The number of nitrogens with one attached hydrogen (secondary N) is 2. The number of carboxylic acid groups (broad SMARTS) is 1. The molecule has 7 nitrogen and oxygen atoms in total. The van der Waals surface area contributed by atoms with Crippen LogP contribution < -0.4 is 16.8 Å². The van der Waals surface area contributed by atoms with Gasteiger partial charge in [0, 0.05) is 12.8 Å². The number of carbonyl (C=O) groups excluding carboxylic acids is 1. The van der Waals surface area contributed by atoms with Gasteiger partial charge in [-0.2, -0.15) is 0 Å². The topological polar surface area (TPSA) is 142 Å². The molecule has 0 bridgehead atoms. The summed E-state index contributed by atoms with van der Waals surface area (Å²) in [5.41, 5.74) is 11.9. The Bertz CT molecular complexity index is 533. The minimum absolute atomic E-state index is 0.108. The van der Waals surface area contributed by atoms with Crippen LogP contribution in [0.2, 0.25) is 0 Å². The molecule has 1 rings (SSSR count). The first-order chi connectivity index (χ1) is 10.9. The Morgan fingerprint density at radius 1 is 1.22 bits per heavy atom. The van der Waals surface area contributed by atoms with Crippen LogP contribution in [-0.2, 0) is 16.0 Å². The van der Waals surface area contributed by atoms with Crippen LogP contribution >= 0.6 is 0 Å². The molecule has 0 fully saturated rings. The quantitative estimate of drug-likeness (QED) is 0.244. The van der Waals surface area contributed by atoms with E-state index >= 15 is 0 Å². The number of nitrogens with two attached hydrogens (primary N) is 2. The van der Waals surface area contributed by atoms with Gasteiger partial charge in [0.05, 0.1) is 11.9 Å². The highest BCUT2D eigenvalue weighted by atomic mass is 16.4. The Morgan fingerprint density at radius 3 is 2.43 bits per heavy atom. The molecule has 1 aromatic rings. The fourth-order valence-electron chi connectivity index (χ4n) is 2.14. The van der Waals surface area contributed by atoms with E-state index in [0.29, 0.717) is 25.7 Å². The highest BCUT2D eigenvalue weighted by molar-refractivity contribution is 5.86. The Kier molecular flexibility index (Phi) is 7.76. The van der Waals surface area contributed by atoms with Gasteiger partial charge in [-0.05, 0) is 18.4 Å². The number of carbonyl (C=O) groups is 2. The van der Waals surface area contributed by atoms with E-state index in [1.54, 1.807) is 0 Å². The number of aliphatic carboxylic acids is 1. The van der Waals surface area contributed by atoms with Crippen molar-refractivity contribution >= 4 is 17.7 Å².